The molecule has 124 valence electrons. The van der Waals surface area contributed by atoms with Crippen LogP contribution in [0.15, 0.2) is 11.6 Å². The summed E-state index contributed by atoms with van der Waals surface area (Å²) < 4.78 is 18.4. The van der Waals surface area contributed by atoms with Crippen molar-refractivity contribution in [2.24, 2.45) is 0 Å². The molecule has 0 bridgehead atoms. The largest absolute Gasteiger partial charge is 0.501 e. The van der Waals surface area contributed by atoms with Crippen LogP contribution < -0.4 is 0 Å². The Morgan fingerprint density at radius 2 is 1.48 bits per heavy atom. The Hall–Kier alpha value is -0.163. The van der Waals surface area contributed by atoms with Crippen molar-refractivity contribution in [2.75, 3.05) is 19.8 Å². The molecular formula is C17H34O3Si. The third-order valence-corrected chi connectivity index (χ3v) is 6.51. The van der Waals surface area contributed by atoms with Crippen LogP contribution in [0.2, 0.25) is 6.04 Å². The van der Waals surface area contributed by atoms with Gasteiger partial charge in [0.15, 0.2) is 0 Å². The van der Waals surface area contributed by atoms with Crippen LogP contribution in [0.3, 0.4) is 0 Å². The van der Waals surface area contributed by atoms with Crippen molar-refractivity contribution in [3.8, 4) is 0 Å². The summed E-state index contributed by atoms with van der Waals surface area (Å²) in [6.07, 6.45) is 11.7. The van der Waals surface area contributed by atoms with E-state index < -0.39 is 8.80 Å². The van der Waals surface area contributed by atoms with Gasteiger partial charge in [-0.25, -0.2) is 0 Å². The quantitative estimate of drug-likeness (QED) is 0.371. The van der Waals surface area contributed by atoms with Gasteiger partial charge >= 0.3 is 8.80 Å². The second-order valence-corrected chi connectivity index (χ2v) is 8.57. The number of hydrogen-bond donors (Lipinski definition) is 0. The van der Waals surface area contributed by atoms with Gasteiger partial charge in [-0.15, -0.1) is 0 Å². The van der Waals surface area contributed by atoms with Gasteiger partial charge in [0.2, 0.25) is 0 Å². The van der Waals surface area contributed by atoms with Gasteiger partial charge in [0, 0.05) is 25.9 Å². The normalized spacial score (nSPS) is 16.0. The summed E-state index contributed by atoms with van der Waals surface area (Å²) in [6, 6.07) is 0.943. The van der Waals surface area contributed by atoms with Crippen LogP contribution in [-0.2, 0) is 13.3 Å². The fourth-order valence-corrected chi connectivity index (χ4v) is 5.42. The highest BCUT2D eigenvalue weighted by Gasteiger charge is 2.40. The molecule has 3 nitrogen and oxygen atoms in total. The number of hydrogen-bond acceptors (Lipinski definition) is 3. The van der Waals surface area contributed by atoms with Crippen LogP contribution in [0.5, 0.6) is 0 Å². The second kappa shape index (κ2) is 11.4. The van der Waals surface area contributed by atoms with Gasteiger partial charge in [-0.2, -0.15) is 0 Å². The molecule has 0 saturated heterocycles. The fourth-order valence-electron chi connectivity index (χ4n) is 2.56. The molecule has 1 aliphatic rings. The maximum Gasteiger partial charge on any atom is 0.501 e. The zero-order valence-corrected chi connectivity index (χ0v) is 15.3. The summed E-state index contributed by atoms with van der Waals surface area (Å²) in [6.45, 7) is 8.67. The Balaban J connectivity index is 2.62. The molecule has 1 aliphatic carbocycles. The highest BCUT2D eigenvalue weighted by atomic mass is 28.4. The maximum atomic E-state index is 6.14. The average Bonchev–Trinajstić information content (AvgIpc) is 2.54. The summed E-state index contributed by atoms with van der Waals surface area (Å²) in [5.74, 6) is 0. The van der Waals surface area contributed by atoms with Crippen molar-refractivity contribution >= 4 is 8.80 Å². The first-order chi connectivity index (χ1) is 10.3. The summed E-state index contributed by atoms with van der Waals surface area (Å²) in [7, 11) is -2.48. The zero-order chi connectivity index (χ0) is 15.4. The highest BCUT2D eigenvalue weighted by Crippen LogP contribution is 2.27. The van der Waals surface area contributed by atoms with E-state index >= 15 is 0 Å². The first-order valence-electron chi connectivity index (χ1n) is 8.86. The third-order valence-electron chi connectivity index (χ3n) is 3.72. The van der Waals surface area contributed by atoms with E-state index in [1.807, 2.05) is 0 Å². The maximum absolute atomic E-state index is 6.14. The molecule has 0 amide bonds. The molecule has 1 rings (SSSR count). The summed E-state index contributed by atoms with van der Waals surface area (Å²) in [4.78, 5) is 0. The minimum Gasteiger partial charge on any atom is -0.373 e. The lowest BCUT2D eigenvalue weighted by molar-refractivity contribution is 0.0592. The predicted molar refractivity (Wildman–Crippen MR) is 90.5 cm³/mol. The Morgan fingerprint density at radius 1 is 0.905 bits per heavy atom. The molecule has 4 heteroatoms. The molecule has 0 spiro atoms. The molecule has 0 heterocycles. The van der Waals surface area contributed by atoms with E-state index in [2.05, 4.69) is 26.8 Å². The van der Waals surface area contributed by atoms with E-state index in [-0.39, 0.29) is 0 Å². The molecule has 0 atom stereocenters. The van der Waals surface area contributed by atoms with E-state index in [9.17, 15) is 0 Å². The van der Waals surface area contributed by atoms with Crippen LogP contribution in [0.1, 0.15) is 72.1 Å². The smallest absolute Gasteiger partial charge is 0.373 e. The van der Waals surface area contributed by atoms with Gasteiger partial charge in [-0.05, 0) is 51.4 Å². The lowest BCUT2D eigenvalue weighted by Crippen LogP contribution is -2.46. The number of allylic oxidation sites excluding steroid dienone is 2. The average molecular weight is 315 g/mol. The van der Waals surface area contributed by atoms with Crippen LogP contribution in [0.25, 0.3) is 0 Å². The molecule has 0 fully saturated rings. The molecule has 21 heavy (non-hydrogen) atoms. The first-order valence-corrected chi connectivity index (χ1v) is 10.8. The van der Waals surface area contributed by atoms with E-state index in [0.717, 1.165) is 51.5 Å². The third kappa shape index (κ3) is 7.59. The van der Waals surface area contributed by atoms with Crippen LogP contribution in [0, 0.1) is 0 Å². The van der Waals surface area contributed by atoms with Gasteiger partial charge in [0.05, 0.1) is 0 Å². The van der Waals surface area contributed by atoms with Crippen LogP contribution >= 0.6 is 0 Å². The second-order valence-electron chi connectivity index (χ2n) is 5.84. The Kier molecular flexibility index (Phi) is 10.3. The molecule has 0 saturated carbocycles. The summed E-state index contributed by atoms with van der Waals surface area (Å²) in [5.41, 5.74) is 1.58. The monoisotopic (exact) mass is 314 g/mol. The molecule has 0 radical (unpaired) electrons. The summed E-state index contributed by atoms with van der Waals surface area (Å²) >= 11 is 0. The lowest BCUT2D eigenvalue weighted by Gasteiger charge is -2.30. The van der Waals surface area contributed by atoms with Crippen LogP contribution in [0.4, 0.5) is 0 Å². The van der Waals surface area contributed by atoms with E-state index in [0.29, 0.717) is 0 Å². The van der Waals surface area contributed by atoms with Crippen molar-refractivity contribution in [3.05, 3.63) is 11.6 Å². The summed E-state index contributed by atoms with van der Waals surface area (Å²) in [5, 5.41) is 0. The molecule has 0 unspecified atom stereocenters. The lowest BCUT2D eigenvalue weighted by atomic mass is 9.98. The first kappa shape index (κ1) is 18.9. The minimum atomic E-state index is -2.48. The molecule has 0 N–H and O–H groups in total. The van der Waals surface area contributed by atoms with Crippen molar-refractivity contribution in [1.29, 1.82) is 0 Å². The molecular weight excluding hydrogens is 280 g/mol. The molecule has 0 aromatic carbocycles. The van der Waals surface area contributed by atoms with Crippen molar-refractivity contribution in [2.45, 2.75) is 78.2 Å². The molecule has 0 aromatic rings. The highest BCUT2D eigenvalue weighted by molar-refractivity contribution is 6.60. The number of rotatable bonds is 12. The fraction of sp³-hybridized carbons (Fsp3) is 0.882. The predicted octanol–water partition coefficient (Wildman–Crippen LogP) is 5.10. The van der Waals surface area contributed by atoms with Gasteiger partial charge < -0.3 is 13.3 Å². The van der Waals surface area contributed by atoms with Gasteiger partial charge in [0.1, 0.15) is 0 Å². The van der Waals surface area contributed by atoms with Gasteiger partial charge in [-0.3, -0.25) is 0 Å². The Labute approximate surface area is 132 Å². The zero-order valence-electron chi connectivity index (χ0n) is 14.3. The Bertz CT molecular complexity index is 270. The Morgan fingerprint density at radius 3 is 1.90 bits per heavy atom. The van der Waals surface area contributed by atoms with Crippen LogP contribution in [-0.4, -0.2) is 28.6 Å². The van der Waals surface area contributed by atoms with E-state index in [1.165, 1.54) is 25.7 Å². The van der Waals surface area contributed by atoms with Crippen molar-refractivity contribution in [1.82, 2.24) is 0 Å². The van der Waals surface area contributed by atoms with E-state index in [1.54, 1.807) is 5.57 Å². The van der Waals surface area contributed by atoms with Crippen molar-refractivity contribution in [3.63, 3.8) is 0 Å². The van der Waals surface area contributed by atoms with Crippen molar-refractivity contribution < 1.29 is 13.3 Å². The van der Waals surface area contributed by atoms with Gasteiger partial charge in [-0.1, -0.05) is 32.4 Å². The molecule has 0 aromatic heterocycles. The van der Waals surface area contributed by atoms with Gasteiger partial charge in [0.25, 0.3) is 0 Å². The SMILES string of the molecule is CCCO[Si](CCC1=CCCCC1)(OCCC)OCCC. The molecule has 0 aliphatic heterocycles. The minimum absolute atomic E-state index is 0.749. The van der Waals surface area contributed by atoms with E-state index in [4.69, 9.17) is 13.3 Å². The topological polar surface area (TPSA) is 27.7 Å². The standard InChI is InChI=1S/C17H34O3Si/c1-4-13-18-21(19-14-5-2,20-15-6-3)16-12-17-10-8-7-9-11-17/h10H,4-9,11-16H2,1-3H3.